The predicted molar refractivity (Wildman–Crippen MR) is 105 cm³/mol. The van der Waals surface area contributed by atoms with Gasteiger partial charge in [0.25, 0.3) is 0 Å². The lowest BCUT2D eigenvalue weighted by Gasteiger charge is -2.32. The van der Waals surface area contributed by atoms with Gasteiger partial charge in [-0.05, 0) is 30.2 Å². The molecule has 1 saturated heterocycles. The lowest BCUT2D eigenvalue weighted by atomic mass is 10.00. The molecule has 0 saturated carbocycles. The largest absolute Gasteiger partial charge is 0.481 e. The van der Waals surface area contributed by atoms with Crippen molar-refractivity contribution in [2.75, 3.05) is 33.4 Å². The van der Waals surface area contributed by atoms with Gasteiger partial charge in [-0.2, -0.15) is 0 Å². The Kier molecular flexibility index (Phi) is 4.87. The van der Waals surface area contributed by atoms with Crippen molar-refractivity contribution < 1.29 is 9.47 Å². The number of morpholine rings is 1. The van der Waals surface area contributed by atoms with E-state index in [0.717, 1.165) is 48.3 Å². The molecule has 1 fully saturated rings. The van der Waals surface area contributed by atoms with Gasteiger partial charge < -0.3 is 9.47 Å². The van der Waals surface area contributed by atoms with Crippen molar-refractivity contribution in [3.05, 3.63) is 60.2 Å². The Morgan fingerprint density at radius 2 is 1.77 bits per heavy atom. The Labute approximate surface area is 154 Å². The molecule has 1 aromatic heterocycles. The summed E-state index contributed by atoms with van der Waals surface area (Å²) in [5.74, 6) is 0.665. The van der Waals surface area contributed by atoms with Crippen LogP contribution >= 0.6 is 0 Å². The van der Waals surface area contributed by atoms with Crippen LogP contribution in [0.1, 0.15) is 18.5 Å². The molecule has 2 heterocycles. The zero-order valence-electron chi connectivity index (χ0n) is 15.3. The summed E-state index contributed by atoms with van der Waals surface area (Å²) < 4.78 is 11.0. The average molecular weight is 348 g/mol. The Hall–Kier alpha value is -2.43. The number of fused-ring (bicyclic) bond motifs is 1. The minimum Gasteiger partial charge on any atom is -0.481 e. The fraction of sp³-hybridized carbons (Fsp3) is 0.318. The Morgan fingerprint density at radius 1 is 1.04 bits per heavy atom. The Morgan fingerprint density at radius 3 is 2.50 bits per heavy atom. The van der Waals surface area contributed by atoms with Gasteiger partial charge in [0.15, 0.2) is 0 Å². The minimum absolute atomic E-state index is 0.393. The third kappa shape index (κ3) is 3.30. The second kappa shape index (κ2) is 7.44. The van der Waals surface area contributed by atoms with Crippen molar-refractivity contribution in [2.24, 2.45) is 0 Å². The van der Waals surface area contributed by atoms with Crippen LogP contribution in [0.3, 0.4) is 0 Å². The fourth-order valence-corrected chi connectivity index (χ4v) is 3.58. The number of rotatable bonds is 4. The summed E-state index contributed by atoms with van der Waals surface area (Å²) in [5, 5.41) is 1.12. The molecule has 0 bridgehead atoms. The van der Waals surface area contributed by atoms with Crippen LogP contribution in [-0.4, -0.2) is 43.3 Å². The molecule has 1 atom stereocenters. The molecule has 134 valence electrons. The van der Waals surface area contributed by atoms with Crippen LogP contribution in [-0.2, 0) is 4.74 Å². The smallest absolute Gasteiger partial charge is 0.221 e. The predicted octanol–water partition coefficient (Wildman–Crippen LogP) is 4.30. The minimum atomic E-state index is 0.393. The van der Waals surface area contributed by atoms with E-state index in [2.05, 4.69) is 53.2 Å². The summed E-state index contributed by atoms with van der Waals surface area (Å²) in [5.41, 5.74) is 4.42. The number of hydrogen-bond donors (Lipinski definition) is 0. The maximum atomic E-state index is 5.55. The number of nitrogens with zero attached hydrogens (tertiary/aromatic N) is 2. The SMILES string of the molecule is COc1nc2ccccc2cc1-c1ccc(C(C)N2CCOCC2)cc1. The molecular formula is C22H24N2O2. The number of ether oxygens (including phenoxy) is 2. The lowest BCUT2D eigenvalue weighted by Crippen LogP contribution is -2.37. The first-order valence-corrected chi connectivity index (χ1v) is 9.12. The zero-order chi connectivity index (χ0) is 17.9. The second-order valence-corrected chi connectivity index (χ2v) is 6.68. The molecule has 4 rings (SSSR count). The summed E-state index contributed by atoms with van der Waals surface area (Å²) in [4.78, 5) is 7.13. The first-order chi connectivity index (χ1) is 12.8. The van der Waals surface area contributed by atoms with E-state index in [1.165, 1.54) is 5.56 Å². The molecule has 26 heavy (non-hydrogen) atoms. The first kappa shape index (κ1) is 17.0. The quantitative estimate of drug-likeness (QED) is 0.704. The summed E-state index contributed by atoms with van der Waals surface area (Å²) in [6, 6.07) is 19.4. The second-order valence-electron chi connectivity index (χ2n) is 6.68. The van der Waals surface area contributed by atoms with Crippen molar-refractivity contribution in [3.8, 4) is 17.0 Å². The molecule has 1 aliphatic heterocycles. The van der Waals surface area contributed by atoms with E-state index >= 15 is 0 Å². The first-order valence-electron chi connectivity index (χ1n) is 9.12. The van der Waals surface area contributed by atoms with Crippen molar-refractivity contribution in [2.45, 2.75) is 13.0 Å². The van der Waals surface area contributed by atoms with Gasteiger partial charge in [0.05, 0.1) is 25.8 Å². The van der Waals surface area contributed by atoms with Gasteiger partial charge in [0, 0.05) is 30.1 Å². The van der Waals surface area contributed by atoms with Gasteiger partial charge in [0.1, 0.15) is 0 Å². The van der Waals surface area contributed by atoms with E-state index in [4.69, 9.17) is 9.47 Å². The van der Waals surface area contributed by atoms with Crippen molar-refractivity contribution in [1.82, 2.24) is 9.88 Å². The molecule has 0 N–H and O–H groups in total. The molecule has 0 amide bonds. The fourth-order valence-electron chi connectivity index (χ4n) is 3.58. The van der Waals surface area contributed by atoms with E-state index in [1.807, 2.05) is 18.2 Å². The monoisotopic (exact) mass is 348 g/mol. The molecular weight excluding hydrogens is 324 g/mol. The zero-order valence-corrected chi connectivity index (χ0v) is 15.3. The van der Waals surface area contributed by atoms with Crippen molar-refractivity contribution in [1.29, 1.82) is 0 Å². The lowest BCUT2D eigenvalue weighted by molar-refractivity contribution is 0.0198. The number of hydrogen-bond acceptors (Lipinski definition) is 4. The maximum absolute atomic E-state index is 5.55. The van der Waals surface area contributed by atoms with Crippen LogP contribution in [0.25, 0.3) is 22.0 Å². The number of benzene rings is 2. The highest BCUT2D eigenvalue weighted by atomic mass is 16.5. The standard InChI is InChI=1S/C22H24N2O2/c1-16(24-11-13-26-14-12-24)17-7-9-18(10-8-17)20-15-19-5-3-4-6-21(19)23-22(20)25-2/h3-10,15-16H,11-14H2,1-2H3. The van der Waals surface area contributed by atoms with E-state index in [9.17, 15) is 0 Å². The van der Waals surface area contributed by atoms with Crippen molar-refractivity contribution >= 4 is 10.9 Å². The van der Waals surface area contributed by atoms with Crippen LogP contribution in [0.5, 0.6) is 5.88 Å². The van der Waals surface area contributed by atoms with Gasteiger partial charge in [-0.3, -0.25) is 4.90 Å². The van der Waals surface area contributed by atoms with E-state index in [1.54, 1.807) is 7.11 Å². The highest BCUT2D eigenvalue weighted by Gasteiger charge is 2.18. The number of para-hydroxylation sites is 1. The van der Waals surface area contributed by atoms with E-state index < -0.39 is 0 Å². The number of methoxy groups -OCH3 is 1. The van der Waals surface area contributed by atoms with E-state index in [0.29, 0.717) is 11.9 Å². The Bertz CT molecular complexity index is 886. The average Bonchev–Trinajstić information content (AvgIpc) is 2.73. The van der Waals surface area contributed by atoms with Crippen LogP contribution in [0.2, 0.25) is 0 Å². The van der Waals surface area contributed by atoms with Gasteiger partial charge >= 0.3 is 0 Å². The summed E-state index contributed by atoms with van der Waals surface area (Å²) in [7, 11) is 1.68. The van der Waals surface area contributed by atoms with Gasteiger partial charge in [-0.25, -0.2) is 4.98 Å². The van der Waals surface area contributed by atoms with Gasteiger partial charge in [0.2, 0.25) is 5.88 Å². The number of aromatic nitrogens is 1. The van der Waals surface area contributed by atoms with E-state index in [-0.39, 0.29) is 0 Å². The molecule has 1 aliphatic rings. The molecule has 0 spiro atoms. The number of pyridine rings is 1. The molecule has 3 aromatic rings. The highest BCUT2D eigenvalue weighted by molar-refractivity contribution is 5.86. The normalized spacial score (nSPS) is 16.5. The topological polar surface area (TPSA) is 34.6 Å². The van der Waals surface area contributed by atoms with Crippen LogP contribution in [0.4, 0.5) is 0 Å². The summed E-state index contributed by atoms with van der Waals surface area (Å²) in [6.07, 6.45) is 0. The van der Waals surface area contributed by atoms with Crippen LogP contribution in [0, 0.1) is 0 Å². The highest BCUT2D eigenvalue weighted by Crippen LogP contribution is 2.32. The molecule has 4 heteroatoms. The van der Waals surface area contributed by atoms with Gasteiger partial charge in [-0.1, -0.05) is 42.5 Å². The Balaban J connectivity index is 1.65. The maximum Gasteiger partial charge on any atom is 0.221 e. The van der Waals surface area contributed by atoms with Crippen LogP contribution in [0.15, 0.2) is 54.6 Å². The molecule has 0 radical (unpaired) electrons. The van der Waals surface area contributed by atoms with Crippen LogP contribution < -0.4 is 4.74 Å². The molecule has 1 unspecified atom stereocenters. The third-order valence-corrected chi connectivity index (χ3v) is 5.18. The van der Waals surface area contributed by atoms with Gasteiger partial charge in [-0.15, -0.1) is 0 Å². The molecule has 4 nitrogen and oxygen atoms in total. The molecule has 2 aromatic carbocycles. The third-order valence-electron chi connectivity index (χ3n) is 5.18. The van der Waals surface area contributed by atoms with Crippen molar-refractivity contribution in [3.63, 3.8) is 0 Å². The molecule has 0 aliphatic carbocycles. The summed E-state index contributed by atoms with van der Waals surface area (Å²) >= 11 is 0. The summed E-state index contributed by atoms with van der Waals surface area (Å²) in [6.45, 7) is 5.89.